The third kappa shape index (κ3) is 5.05. The van der Waals surface area contributed by atoms with Crippen LogP contribution in [0.1, 0.15) is 11.8 Å². The summed E-state index contributed by atoms with van der Waals surface area (Å²) in [4.78, 5) is 15.5. The van der Waals surface area contributed by atoms with E-state index in [-0.39, 0.29) is 10.9 Å². The largest absolute Gasteiger partial charge is 0.323 e. The molecule has 0 aliphatic rings. The van der Waals surface area contributed by atoms with Gasteiger partial charge in [-0.15, -0.1) is 17.9 Å². The number of halogens is 3. The molecule has 24 heavy (non-hydrogen) atoms. The number of anilines is 1. The molecule has 0 aliphatic carbocycles. The van der Waals surface area contributed by atoms with Crippen LogP contribution in [0, 0.1) is 5.82 Å². The van der Waals surface area contributed by atoms with Crippen LogP contribution in [0.2, 0.25) is 9.36 Å². The van der Waals surface area contributed by atoms with Gasteiger partial charge in [0.05, 0.1) is 21.1 Å². The Kier molecular flexibility index (Phi) is 6.80. The first-order chi connectivity index (χ1) is 11.4. The number of carbonyl (C=O) groups is 1. The fourth-order valence-electron chi connectivity index (χ4n) is 2.16. The number of hydrogen-bond acceptors (Lipinski definition) is 3. The van der Waals surface area contributed by atoms with Crippen molar-refractivity contribution in [3.8, 4) is 0 Å². The van der Waals surface area contributed by atoms with Gasteiger partial charge in [-0.2, -0.15) is 0 Å². The molecule has 1 heterocycles. The summed E-state index contributed by atoms with van der Waals surface area (Å²) < 4.78 is 13.8. The highest BCUT2D eigenvalue weighted by Crippen LogP contribution is 2.25. The fourth-order valence-corrected chi connectivity index (χ4v) is 3.48. The highest BCUT2D eigenvalue weighted by atomic mass is 35.5. The van der Waals surface area contributed by atoms with E-state index in [1.807, 2.05) is 17.0 Å². The normalized spacial score (nSPS) is 12.2. The van der Waals surface area contributed by atoms with Gasteiger partial charge in [0, 0.05) is 18.0 Å². The van der Waals surface area contributed by atoms with Gasteiger partial charge >= 0.3 is 0 Å². The molecule has 1 aromatic heterocycles. The van der Waals surface area contributed by atoms with Gasteiger partial charge in [-0.3, -0.25) is 9.69 Å². The Labute approximate surface area is 154 Å². The van der Waals surface area contributed by atoms with Gasteiger partial charge in [-0.1, -0.05) is 29.3 Å². The third-order valence-corrected chi connectivity index (χ3v) is 5.00. The highest BCUT2D eigenvalue weighted by molar-refractivity contribution is 7.16. The highest BCUT2D eigenvalue weighted by Gasteiger charge is 2.22. The van der Waals surface area contributed by atoms with Crippen molar-refractivity contribution in [2.45, 2.75) is 19.5 Å². The zero-order chi connectivity index (χ0) is 17.7. The number of carbonyl (C=O) groups excluding carboxylic acids is 1. The molecule has 1 aromatic carbocycles. The summed E-state index contributed by atoms with van der Waals surface area (Å²) in [6.45, 7) is 6.66. The lowest BCUT2D eigenvalue weighted by Gasteiger charge is -2.26. The van der Waals surface area contributed by atoms with Crippen LogP contribution in [0.3, 0.4) is 0 Å². The van der Waals surface area contributed by atoms with Crippen molar-refractivity contribution in [1.29, 1.82) is 0 Å². The molecule has 1 amide bonds. The second-order valence-electron chi connectivity index (χ2n) is 5.21. The van der Waals surface area contributed by atoms with Crippen molar-refractivity contribution >= 4 is 46.1 Å². The Morgan fingerprint density at radius 1 is 1.42 bits per heavy atom. The van der Waals surface area contributed by atoms with Crippen LogP contribution < -0.4 is 5.32 Å². The van der Waals surface area contributed by atoms with Crippen molar-refractivity contribution < 1.29 is 9.18 Å². The molecule has 0 aliphatic heterocycles. The molecule has 0 unspecified atom stereocenters. The van der Waals surface area contributed by atoms with E-state index in [4.69, 9.17) is 23.2 Å². The zero-order valence-corrected chi connectivity index (χ0v) is 15.4. The van der Waals surface area contributed by atoms with Crippen molar-refractivity contribution in [3.05, 3.63) is 63.0 Å². The molecule has 0 radical (unpaired) electrons. The molecule has 0 spiro atoms. The topological polar surface area (TPSA) is 32.3 Å². The number of thiophene rings is 1. The van der Waals surface area contributed by atoms with E-state index in [2.05, 4.69) is 11.9 Å². The van der Waals surface area contributed by atoms with Crippen molar-refractivity contribution in [2.24, 2.45) is 0 Å². The standard InChI is InChI=1S/C17H17Cl2FN2OS/c1-3-8-22(10-13-5-7-16(19)24-13)11(2)17(23)21-15-6-4-12(20)9-14(15)18/h3-7,9,11H,1,8,10H2,2H3,(H,21,23)/t11-/m1/s1. The summed E-state index contributed by atoms with van der Waals surface area (Å²) in [7, 11) is 0. The van der Waals surface area contributed by atoms with E-state index in [9.17, 15) is 9.18 Å². The number of hydrogen-bond donors (Lipinski definition) is 1. The van der Waals surface area contributed by atoms with Gasteiger partial charge in [0.2, 0.25) is 5.91 Å². The molecular formula is C17H17Cl2FN2OS. The molecule has 0 bridgehead atoms. The molecule has 3 nitrogen and oxygen atoms in total. The van der Waals surface area contributed by atoms with Gasteiger partial charge in [0.15, 0.2) is 0 Å². The second kappa shape index (κ2) is 8.62. The lowest BCUT2D eigenvalue weighted by Crippen LogP contribution is -2.41. The maximum absolute atomic E-state index is 13.1. The van der Waals surface area contributed by atoms with E-state index in [1.165, 1.54) is 23.5 Å². The number of nitrogens with one attached hydrogen (secondary N) is 1. The van der Waals surface area contributed by atoms with Crippen LogP contribution >= 0.6 is 34.5 Å². The number of amides is 1. The van der Waals surface area contributed by atoms with E-state index < -0.39 is 11.9 Å². The molecule has 1 atom stereocenters. The summed E-state index contributed by atoms with van der Waals surface area (Å²) >= 11 is 13.4. The minimum atomic E-state index is -0.450. The smallest absolute Gasteiger partial charge is 0.241 e. The number of nitrogens with zero attached hydrogens (tertiary/aromatic N) is 1. The van der Waals surface area contributed by atoms with Gasteiger partial charge in [0.25, 0.3) is 0 Å². The van der Waals surface area contributed by atoms with Gasteiger partial charge in [0.1, 0.15) is 5.82 Å². The first kappa shape index (κ1) is 18.9. The van der Waals surface area contributed by atoms with Crippen LogP contribution in [-0.2, 0) is 11.3 Å². The quantitative estimate of drug-likeness (QED) is 0.662. The molecule has 7 heteroatoms. The summed E-state index contributed by atoms with van der Waals surface area (Å²) in [5.41, 5.74) is 0.382. The number of rotatable bonds is 7. The van der Waals surface area contributed by atoms with Crippen LogP contribution in [0.25, 0.3) is 0 Å². The maximum atomic E-state index is 13.1. The summed E-state index contributed by atoms with van der Waals surface area (Å²) in [5, 5.41) is 2.89. The lowest BCUT2D eigenvalue weighted by molar-refractivity contribution is -0.120. The van der Waals surface area contributed by atoms with Crippen LogP contribution in [0.5, 0.6) is 0 Å². The Balaban J connectivity index is 2.08. The van der Waals surface area contributed by atoms with Crippen molar-refractivity contribution in [3.63, 3.8) is 0 Å². The third-order valence-electron chi connectivity index (χ3n) is 3.47. The van der Waals surface area contributed by atoms with E-state index in [0.717, 1.165) is 10.9 Å². The van der Waals surface area contributed by atoms with Crippen molar-refractivity contribution in [2.75, 3.05) is 11.9 Å². The van der Waals surface area contributed by atoms with E-state index in [0.29, 0.717) is 23.1 Å². The first-order valence-corrected chi connectivity index (χ1v) is 8.83. The molecule has 2 rings (SSSR count). The van der Waals surface area contributed by atoms with Crippen molar-refractivity contribution in [1.82, 2.24) is 4.90 Å². The first-order valence-electron chi connectivity index (χ1n) is 7.25. The molecule has 0 fully saturated rings. The average Bonchev–Trinajstić information content (AvgIpc) is 2.94. The van der Waals surface area contributed by atoms with Crippen LogP contribution in [0.4, 0.5) is 10.1 Å². The summed E-state index contributed by atoms with van der Waals surface area (Å²) in [6, 6.07) is 7.20. The minimum Gasteiger partial charge on any atom is -0.323 e. The molecular weight excluding hydrogens is 370 g/mol. The Morgan fingerprint density at radius 2 is 2.17 bits per heavy atom. The Hall–Kier alpha value is -1.40. The number of benzene rings is 1. The maximum Gasteiger partial charge on any atom is 0.241 e. The van der Waals surface area contributed by atoms with Crippen LogP contribution in [0.15, 0.2) is 43.0 Å². The molecule has 1 N–H and O–H groups in total. The van der Waals surface area contributed by atoms with Gasteiger partial charge in [-0.25, -0.2) is 4.39 Å². The predicted octanol–water partition coefficient (Wildman–Crippen LogP) is 5.21. The molecule has 128 valence electrons. The molecule has 0 saturated carbocycles. The minimum absolute atomic E-state index is 0.163. The summed E-state index contributed by atoms with van der Waals surface area (Å²) in [6.07, 6.45) is 1.74. The van der Waals surface area contributed by atoms with E-state index >= 15 is 0 Å². The Morgan fingerprint density at radius 3 is 2.75 bits per heavy atom. The monoisotopic (exact) mass is 386 g/mol. The second-order valence-corrected chi connectivity index (χ2v) is 7.42. The van der Waals surface area contributed by atoms with Gasteiger partial charge in [-0.05, 0) is 37.3 Å². The zero-order valence-electron chi connectivity index (χ0n) is 13.1. The average molecular weight is 387 g/mol. The molecule has 2 aromatic rings. The van der Waals surface area contributed by atoms with E-state index in [1.54, 1.807) is 13.0 Å². The molecule has 0 saturated heterocycles. The predicted molar refractivity (Wildman–Crippen MR) is 99.4 cm³/mol. The fraction of sp³-hybridized carbons (Fsp3) is 0.235. The Bertz CT molecular complexity index is 735. The van der Waals surface area contributed by atoms with Gasteiger partial charge < -0.3 is 5.32 Å². The SMILES string of the molecule is C=CCN(Cc1ccc(Cl)s1)[C@H](C)C(=O)Nc1ccc(F)cc1Cl. The summed E-state index contributed by atoms with van der Waals surface area (Å²) in [5.74, 6) is -0.679. The lowest BCUT2D eigenvalue weighted by atomic mass is 10.2. The van der Waals surface area contributed by atoms with Crippen LogP contribution in [-0.4, -0.2) is 23.4 Å².